The van der Waals surface area contributed by atoms with Gasteiger partial charge in [0, 0.05) is 33.7 Å². The van der Waals surface area contributed by atoms with Crippen molar-refractivity contribution in [2.75, 3.05) is 5.32 Å². The van der Waals surface area contributed by atoms with E-state index in [0.29, 0.717) is 5.57 Å². The van der Waals surface area contributed by atoms with Crippen molar-refractivity contribution < 1.29 is 4.79 Å². The number of aromatic nitrogens is 1. The lowest BCUT2D eigenvalue weighted by atomic mass is 10.00. The Balaban J connectivity index is 2.18. The van der Waals surface area contributed by atoms with E-state index in [1.165, 1.54) is 0 Å². The molecule has 0 saturated carbocycles. The predicted molar refractivity (Wildman–Crippen MR) is 79.6 cm³/mol. The molecule has 1 aliphatic rings. The molecule has 19 heavy (non-hydrogen) atoms. The Labute approximate surface area is 119 Å². The summed E-state index contributed by atoms with van der Waals surface area (Å²) < 4.78 is 1.000. The number of carbonyl (C=O) groups excluding carboxylic acids is 1. The van der Waals surface area contributed by atoms with Gasteiger partial charge < -0.3 is 5.32 Å². The lowest BCUT2D eigenvalue weighted by molar-refractivity contribution is -0.110. The van der Waals surface area contributed by atoms with E-state index in [1.807, 2.05) is 37.3 Å². The molecule has 1 aromatic heterocycles. The highest BCUT2D eigenvalue weighted by molar-refractivity contribution is 9.10. The molecule has 1 N–H and O–H groups in total. The molecule has 3 nitrogen and oxygen atoms in total. The van der Waals surface area contributed by atoms with Gasteiger partial charge in [0.05, 0.1) is 0 Å². The first-order valence-electron chi connectivity index (χ1n) is 5.89. The summed E-state index contributed by atoms with van der Waals surface area (Å²) in [6, 6.07) is 7.64. The predicted octanol–water partition coefficient (Wildman–Crippen LogP) is 3.65. The molecule has 3 rings (SSSR count). The fraction of sp³-hybridized carbons (Fsp3) is 0.0667. The Kier molecular flexibility index (Phi) is 2.95. The molecular formula is C15H11BrN2O. The molecule has 0 aliphatic carbocycles. The van der Waals surface area contributed by atoms with Gasteiger partial charge in [-0.2, -0.15) is 0 Å². The third kappa shape index (κ3) is 2.08. The van der Waals surface area contributed by atoms with E-state index in [-0.39, 0.29) is 5.91 Å². The van der Waals surface area contributed by atoms with E-state index in [9.17, 15) is 4.79 Å². The van der Waals surface area contributed by atoms with Crippen LogP contribution in [0.5, 0.6) is 0 Å². The second-order valence-corrected chi connectivity index (χ2v) is 5.25. The van der Waals surface area contributed by atoms with Crippen molar-refractivity contribution in [2.45, 2.75) is 6.92 Å². The van der Waals surface area contributed by atoms with Crippen molar-refractivity contribution in [3.8, 4) is 0 Å². The molecule has 0 saturated heterocycles. The number of anilines is 1. The highest BCUT2D eigenvalue weighted by atomic mass is 79.9. The normalized spacial score (nSPS) is 15.5. The largest absolute Gasteiger partial charge is 0.321 e. The third-order valence-electron chi connectivity index (χ3n) is 3.16. The molecule has 0 spiro atoms. The van der Waals surface area contributed by atoms with E-state index in [0.717, 1.165) is 26.9 Å². The first-order chi connectivity index (χ1) is 9.16. The van der Waals surface area contributed by atoms with Gasteiger partial charge in [-0.05, 0) is 42.3 Å². The number of nitrogens with zero attached hydrogens (tertiary/aromatic N) is 1. The smallest absolute Gasteiger partial charge is 0.256 e. The molecule has 4 heteroatoms. The maximum atomic E-state index is 12.1. The molecular weight excluding hydrogens is 304 g/mol. The van der Waals surface area contributed by atoms with E-state index < -0.39 is 0 Å². The van der Waals surface area contributed by atoms with Crippen LogP contribution in [0.15, 0.2) is 41.1 Å². The van der Waals surface area contributed by atoms with Crippen molar-refractivity contribution in [1.82, 2.24) is 4.98 Å². The molecule has 1 aliphatic heterocycles. The molecule has 0 atom stereocenters. The molecule has 2 aromatic rings. The molecule has 0 bridgehead atoms. The van der Waals surface area contributed by atoms with Crippen LogP contribution in [0.25, 0.3) is 11.6 Å². The Morgan fingerprint density at radius 2 is 2.16 bits per heavy atom. The summed E-state index contributed by atoms with van der Waals surface area (Å²) in [5.74, 6) is -0.0694. The quantitative estimate of drug-likeness (QED) is 0.816. The van der Waals surface area contributed by atoms with E-state index >= 15 is 0 Å². The topological polar surface area (TPSA) is 42.0 Å². The van der Waals surface area contributed by atoms with Crippen LogP contribution in [0.1, 0.15) is 16.7 Å². The van der Waals surface area contributed by atoms with Gasteiger partial charge in [-0.15, -0.1) is 0 Å². The van der Waals surface area contributed by atoms with Crippen LogP contribution >= 0.6 is 15.9 Å². The van der Waals surface area contributed by atoms with Crippen molar-refractivity contribution in [3.05, 3.63) is 57.8 Å². The fourth-order valence-electron chi connectivity index (χ4n) is 2.21. The Morgan fingerprint density at radius 1 is 1.32 bits per heavy atom. The van der Waals surface area contributed by atoms with Crippen LogP contribution in [0, 0.1) is 6.92 Å². The number of halogens is 1. The number of benzene rings is 1. The number of hydrogen-bond donors (Lipinski definition) is 1. The zero-order valence-electron chi connectivity index (χ0n) is 10.3. The molecule has 1 aromatic carbocycles. The number of carbonyl (C=O) groups is 1. The molecule has 1 amide bonds. The van der Waals surface area contributed by atoms with Crippen LogP contribution in [0.2, 0.25) is 0 Å². The SMILES string of the molecule is Cc1c(Br)ccc2c1C(=Cc1cccnc1)C(=O)N2. The van der Waals surface area contributed by atoms with Crippen molar-refractivity contribution in [3.63, 3.8) is 0 Å². The number of hydrogen-bond acceptors (Lipinski definition) is 2. The van der Waals surface area contributed by atoms with Gasteiger partial charge in [0.2, 0.25) is 0 Å². The van der Waals surface area contributed by atoms with Gasteiger partial charge in [-0.25, -0.2) is 0 Å². The van der Waals surface area contributed by atoms with Crippen molar-refractivity contribution >= 4 is 39.2 Å². The molecule has 0 radical (unpaired) electrons. The lowest BCUT2D eigenvalue weighted by Gasteiger charge is -2.05. The van der Waals surface area contributed by atoms with Gasteiger partial charge in [0.25, 0.3) is 5.91 Å². The zero-order valence-corrected chi connectivity index (χ0v) is 11.9. The average Bonchev–Trinajstić information content (AvgIpc) is 2.73. The van der Waals surface area contributed by atoms with E-state index in [1.54, 1.807) is 12.4 Å². The molecule has 2 heterocycles. The van der Waals surface area contributed by atoms with Gasteiger partial charge in [0.1, 0.15) is 0 Å². The van der Waals surface area contributed by atoms with Crippen molar-refractivity contribution in [1.29, 1.82) is 0 Å². The zero-order chi connectivity index (χ0) is 13.4. The lowest BCUT2D eigenvalue weighted by Crippen LogP contribution is -2.03. The van der Waals surface area contributed by atoms with Crippen LogP contribution in [-0.2, 0) is 4.79 Å². The fourth-order valence-corrected chi connectivity index (χ4v) is 2.54. The summed E-state index contributed by atoms with van der Waals surface area (Å²) in [6.45, 7) is 2.00. The molecule has 94 valence electrons. The highest BCUT2D eigenvalue weighted by Gasteiger charge is 2.26. The molecule has 0 fully saturated rings. The number of pyridine rings is 1. The maximum Gasteiger partial charge on any atom is 0.256 e. The average molecular weight is 315 g/mol. The summed E-state index contributed by atoms with van der Waals surface area (Å²) in [6.07, 6.45) is 5.33. The summed E-state index contributed by atoms with van der Waals surface area (Å²) in [5, 5.41) is 2.89. The number of amides is 1. The van der Waals surface area contributed by atoms with Gasteiger partial charge in [-0.3, -0.25) is 9.78 Å². The van der Waals surface area contributed by atoms with Gasteiger partial charge >= 0.3 is 0 Å². The Bertz CT molecular complexity index is 693. The number of rotatable bonds is 1. The number of fused-ring (bicyclic) bond motifs is 1. The minimum Gasteiger partial charge on any atom is -0.321 e. The Morgan fingerprint density at radius 3 is 2.89 bits per heavy atom. The van der Waals surface area contributed by atoms with Gasteiger partial charge in [0.15, 0.2) is 0 Å². The number of nitrogens with one attached hydrogen (secondary N) is 1. The second kappa shape index (κ2) is 4.63. The third-order valence-corrected chi connectivity index (χ3v) is 4.02. The molecule has 0 unspecified atom stereocenters. The summed E-state index contributed by atoms with van der Waals surface area (Å²) in [7, 11) is 0. The minimum absolute atomic E-state index is 0.0694. The van der Waals surface area contributed by atoms with Crippen LogP contribution in [0.3, 0.4) is 0 Å². The Hall–Kier alpha value is -1.94. The summed E-state index contributed by atoms with van der Waals surface area (Å²) in [4.78, 5) is 16.1. The van der Waals surface area contributed by atoms with Crippen molar-refractivity contribution in [2.24, 2.45) is 0 Å². The van der Waals surface area contributed by atoms with Gasteiger partial charge in [-0.1, -0.05) is 22.0 Å². The maximum absolute atomic E-state index is 12.1. The first-order valence-corrected chi connectivity index (χ1v) is 6.68. The van der Waals surface area contributed by atoms with E-state index in [4.69, 9.17) is 0 Å². The minimum atomic E-state index is -0.0694. The monoisotopic (exact) mass is 314 g/mol. The highest BCUT2D eigenvalue weighted by Crippen LogP contribution is 2.38. The second-order valence-electron chi connectivity index (χ2n) is 4.39. The van der Waals surface area contributed by atoms with Crippen LogP contribution < -0.4 is 5.32 Å². The summed E-state index contributed by atoms with van der Waals surface area (Å²) >= 11 is 3.50. The van der Waals surface area contributed by atoms with Crippen LogP contribution in [0.4, 0.5) is 5.69 Å². The summed E-state index contributed by atoms with van der Waals surface area (Å²) in [5.41, 5.74) is 4.48. The first kappa shape index (κ1) is 12.1. The standard InChI is InChI=1S/C15H11BrN2O/c1-9-12(16)4-5-13-14(9)11(15(19)18-13)7-10-3-2-6-17-8-10/h2-8H,1H3,(H,18,19). The van der Waals surface area contributed by atoms with E-state index in [2.05, 4.69) is 26.2 Å². The van der Waals surface area contributed by atoms with Crippen LogP contribution in [-0.4, -0.2) is 10.9 Å².